The van der Waals surface area contributed by atoms with E-state index in [0.29, 0.717) is 5.92 Å². The smallest absolute Gasteiger partial charge is 0.173 e. The lowest BCUT2D eigenvalue weighted by molar-refractivity contribution is 0.409. The molecule has 0 aliphatic rings. The number of nitrogens with one attached hydrogen (secondary N) is 1. The van der Waals surface area contributed by atoms with E-state index >= 15 is 0 Å². The van der Waals surface area contributed by atoms with Gasteiger partial charge in [0.05, 0.1) is 13.2 Å². The molecule has 7 heteroatoms. The molecule has 2 rings (SSSR count). The zero-order valence-corrected chi connectivity index (χ0v) is 14.3. The van der Waals surface area contributed by atoms with Crippen molar-refractivity contribution in [3.63, 3.8) is 0 Å². The Morgan fingerprint density at radius 2 is 2.10 bits per heavy atom. The average molecular weight is 354 g/mol. The van der Waals surface area contributed by atoms with Crippen LogP contribution in [0.2, 0.25) is 0 Å². The Balaban J connectivity index is 2.34. The molecule has 0 amide bonds. The molecule has 0 radical (unpaired) electrons. The Kier molecular flexibility index (Phi) is 5.30. The Hall–Kier alpha value is -1.47. The lowest BCUT2D eigenvalue weighted by Crippen LogP contribution is -2.25. The van der Waals surface area contributed by atoms with E-state index in [-0.39, 0.29) is 6.04 Å². The molecule has 1 atom stereocenters. The third kappa shape index (κ3) is 3.79. The van der Waals surface area contributed by atoms with E-state index in [4.69, 9.17) is 4.74 Å². The number of rotatable bonds is 6. The van der Waals surface area contributed by atoms with Gasteiger partial charge in [0.25, 0.3) is 0 Å². The number of hydrogen-bond acceptors (Lipinski definition) is 5. The monoisotopic (exact) mass is 353 g/mol. The summed E-state index contributed by atoms with van der Waals surface area (Å²) in [5, 5.41) is 15.5. The topological polar surface area (TPSA) is 64.9 Å². The highest BCUT2D eigenvalue weighted by atomic mass is 79.9. The summed E-state index contributed by atoms with van der Waals surface area (Å²) < 4.78 is 8.06. The minimum Gasteiger partial charge on any atom is -0.494 e. The van der Waals surface area contributed by atoms with Crippen molar-refractivity contribution in [3.05, 3.63) is 28.5 Å². The fourth-order valence-electron chi connectivity index (χ4n) is 1.97. The van der Waals surface area contributed by atoms with Crippen LogP contribution in [0.1, 0.15) is 32.6 Å². The normalized spacial score (nSPS) is 12.7. The van der Waals surface area contributed by atoms with Gasteiger partial charge >= 0.3 is 0 Å². The summed E-state index contributed by atoms with van der Waals surface area (Å²) in [6.07, 6.45) is 0. The second-order valence-electron chi connectivity index (χ2n) is 5.29. The maximum Gasteiger partial charge on any atom is 0.173 e. The van der Waals surface area contributed by atoms with Crippen LogP contribution in [0.3, 0.4) is 0 Å². The maximum absolute atomic E-state index is 5.40. The number of tetrazole rings is 1. The lowest BCUT2D eigenvalue weighted by Gasteiger charge is -2.16. The molecular weight excluding hydrogens is 334 g/mol. The van der Waals surface area contributed by atoms with Crippen molar-refractivity contribution in [1.29, 1.82) is 0 Å². The van der Waals surface area contributed by atoms with Crippen molar-refractivity contribution in [3.8, 4) is 11.4 Å². The van der Waals surface area contributed by atoms with Crippen LogP contribution in [0.5, 0.6) is 5.75 Å². The SMILES string of the molecule is COc1ccc(Br)cc1-n1nnnc1C(C)NCC(C)C. The maximum atomic E-state index is 5.40. The highest BCUT2D eigenvalue weighted by molar-refractivity contribution is 9.10. The molecule has 1 aromatic carbocycles. The molecule has 2 aromatic rings. The van der Waals surface area contributed by atoms with E-state index in [1.165, 1.54) is 0 Å². The summed E-state index contributed by atoms with van der Waals surface area (Å²) in [5.41, 5.74) is 0.810. The zero-order valence-electron chi connectivity index (χ0n) is 12.7. The molecule has 0 aliphatic heterocycles. The number of benzene rings is 1. The standard InChI is InChI=1S/C14H20BrN5O/c1-9(2)8-16-10(3)14-17-18-19-20(14)12-7-11(15)5-6-13(12)21-4/h5-7,9-10,16H,8H2,1-4H3. The Morgan fingerprint density at radius 3 is 2.76 bits per heavy atom. The summed E-state index contributed by atoms with van der Waals surface area (Å²) in [4.78, 5) is 0. The van der Waals surface area contributed by atoms with Crippen molar-refractivity contribution in [2.45, 2.75) is 26.8 Å². The van der Waals surface area contributed by atoms with Crippen molar-refractivity contribution in [2.75, 3.05) is 13.7 Å². The first-order chi connectivity index (χ1) is 10.0. The van der Waals surface area contributed by atoms with Crippen LogP contribution in [-0.4, -0.2) is 33.9 Å². The average Bonchev–Trinajstić information content (AvgIpc) is 2.94. The van der Waals surface area contributed by atoms with Gasteiger partial charge in [0.15, 0.2) is 5.82 Å². The minimum atomic E-state index is 0.0473. The van der Waals surface area contributed by atoms with E-state index in [9.17, 15) is 0 Å². The van der Waals surface area contributed by atoms with Gasteiger partial charge in [-0.2, -0.15) is 4.68 Å². The Bertz CT molecular complexity index is 599. The molecule has 114 valence electrons. The fourth-order valence-corrected chi connectivity index (χ4v) is 2.32. The van der Waals surface area contributed by atoms with Crippen LogP contribution >= 0.6 is 15.9 Å². The van der Waals surface area contributed by atoms with Gasteiger partial charge in [-0.3, -0.25) is 0 Å². The molecule has 0 saturated heterocycles. The van der Waals surface area contributed by atoms with Crippen molar-refractivity contribution < 1.29 is 4.74 Å². The second-order valence-corrected chi connectivity index (χ2v) is 6.20. The van der Waals surface area contributed by atoms with E-state index in [1.54, 1.807) is 11.8 Å². The third-order valence-electron chi connectivity index (χ3n) is 3.08. The molecule has 1 heterocycles. The first kappa shape index (κ1) is 15.9. The fraction of sp³-hybridized carbons (Fsp3) is 0.500. The van der Waals surface area contributed by atoms with Gasteiger partial charge < -0.3 is 10.1 Å². The largest absolute Gasteiger partial charge is 0.494 e. The van der Waals surface area contributed by atoms with E-state index in [0.717, 1.165) is 28.3 Å². The number of aromatic nitrogens is 4. The van der Waals surface area contributed by atoms with Crippen molar-refractivity contribution in [1.82, 2.24) is 25.5 Å². The van der Waals surface area contributed by atoms with Gasteiger partial charge in [-0.1, -0.05) is 29.8 Å². The molecular formula is C14H20BrN5O. The van der Waals surface area contributed by atoms with Gasteiger partial charge in [0.1, 0.15) is 11.4 Å². The Labute approximate surface area is 133 Å². The summed E-state index contributed by atoms with van der Waals surface area (Å²) in [6.45, 7) is 7.29. The third-order valence-corrected chi connectivity index (χ3v) is 3.58. The molecule has 21 heavy (non-hydrogen) atoms. The van der Waals surface area contributed by atoms with E-state index < -0.39 is 0 Å². The molecule has 0 bridgehead atoms. The predicted molar refractivity (Wildman–Crippen MR) is 84.7 cm³/mol. The molecule has 1 unspecified atom stereocenters. The quantitative estimate of drug-likeness (QED) is 0.864. The molecule has 6 nitrogen and oxygen atoms in total. The van der Waals surface area contributed by atoms with Gasteiger partial charge in [0.2, 0.25) is 0 Å². The van der Waals surface area contributed by atoms with Crippen LogP contribution < -0.4 is 10.1 Å². The van der Waals surface area contributed by atoms with Crippen LogP contribution in [-0.2, 0) is 0 Å². The molecule has 1 N–H and O–H groups in total. The molecule has 0 saturated carbocycles. The first-order valence-electron chi connectivity index (χ1n) is 6.88. The van der Waals surface area contributed by atoms with Gasteiger partial charge in [-0.25, -0.2) is 0 Å². The minimum absolute atomic E-state index is 0.0473. The molecule has 0 aliphatic carbocycles. The van der Waals surface area contributed by atoms with Crippen LogP contribution in [0, 0.1) is 5.92 Å². The number of ether oxygens (including phenoxy) is 1. The number of hydrogen-bond donors (Lipinski definition) is 1. The van der Waals surface area contributed by atoms with Crippen LogP contribution in [0.25, 0.3) is 5.69 Å². The molecule has 0 fully saturated rings. The molecule has 0 spiro atoms. The summed E-state index contributed by atoms with van der Waals surface area (Å²) in [7, 11) is 1.64. The number of methoxy groups -OCH3 is 1. The second kappa shape index (κ2) is 7.00. The van der Waals surface area contributed by atoms with Gasteiger partial charge in [0, 0.05) is 4.47 Å². The first-order valence-corrected chi connectivity index (χ1v) is 7.67. The Morgan fingerprint density at radius 1 is 1.33 bits per heavy atom. The van der Waals surface area contributed by atoms with Gasteiger partial charge in [-0.15, -0.1) is 5.10 Å². The van der Waals surface area contributed by atoms with E-state index in [1.807, 2.05) is 18.2 Å². The van der Waals surface area contributed by atoms with Crippen molar-refractivity contribution >= 4 is 15.9 Å². The van der Waals surface area contributed by atoms with Crippen molar-refractivity contribution in [2.24, 2.45) is 5.92 Å². The zero-order chi connectivity index (χ0) is 15.4. The lowest BCUT2D eigenvalue weighted by atomic mass is 10.2. The summed E-state index contributed by atoms with van der Waals surface area (Å²) >= 11 is 3.47. The highest BCUT2D eigenvalue weighted by Crippen LogP contribution is 2.27. The van der Waals surface area contributed by atoms with Crippen LogP contribution in [0.15, 0.2) is 22.7 Å². The van der Waals surface area contributed by atoms with E-state index in [2.05, 4.69) is 57.5 Å². The molecule has 1 aromatic heterocycles. The summed E-state index contributed by atoms with van der Waals surface area (Å²) in [5.74, 6) is 2.05. The number of nitrogens with zero attached hydrogens (tertiary/aromatic N) is 4. The van der Waals surface area contributed by atoms with Gasteiger partial charge in [-0.05, 0) is 48.0 Å². The summed E-state index contributed by atoms with van der Waals surface area (Å²) in [6, 6.07) is 5.80. The highest BCUT2D eigenvalue weighted by Gasteiger charge is 2.18. The van der Waals surface area contributed by atoms with Crippen LogP contribution in [0.4, 0.5) is 0 Å². The predicted octanol–water partition coefficient (Wildman–Crippen LogP) is 2.74. The number of halogens is 1.